The zero-order chi connectivity index (χ0) is 28.9. The summed E-state index contributed by atoms with van der Waals surface area (Å²) < 4.78 is 5.20. The Morgan fingerprint density at radius 3 is 2.40 bits per heavy atom. The van der Waals surface area contributed by atoms with Crippen molar-refractivity contribution < 1.29 is 34.1 Å². The number of carbonyl (C=O) groups is 4. The molecule has 0 aromatic heterocycles. The second-order valence-electron chi connectivity index (χ2n) is 9.85. The number of nitrogens with zero attached hydrogens (tertiary/aromatic N) is 2. The summed E-state index contributed by atoms with van der Waals surface area (Å²) in [5.41, 5.74) is 1.32. The van der Waals surface area contributed by atoms with Gasteiger partial charge in [0.2, 0.25) is 0 Å². The standard InChI is InChI=1S/C29H38N4O7/c1-32(29(39)33-18-10-16-24(33)27(36)37)19-25(34)23(31-26(35)22-13-6-3-7-14-22)15-8-9-17-30-28(38)40-20-21-11-4-2-5-12-21/h2-7,11-14,23-25,34H,8-10,15-20H2,1H3,(H,30,38)(H,31,35)(H,36,37)/t23?,24-,25?/m0/s1. The van der Waals surface area contributed by atoms with E-state index in [2.05, 4.69) is 10.6 Å². The number of rotatable bonds is 13. The van der Waals surface area contributed by atoms with Crippen LogP contribution in [0.2, 0.25) is 0 Å². The number of hydrogen-bond donors (Lipinski definition) is 4. The number of amides is 4. The van der Waals surface area contributed by atoms with Gasteiger partial charge in [-0.15, -0.1) is 0 Å². The van der Waals surface area contributed by atoms with Crippen molar-refractivity contribution in [1.29, 1.82) is 0 Å². The first-order chi connectivity index (χ1) is 19.3. The lowest BCUT2D eigenvalue weighted by atomic mass is 10.0. The normalized spacial score (nSPS) is 16.1. The van der Waals surface area contributed by atoms with Gasteiger partial charge in [0.25, 0.3) is 5.91 Å². The molecular formula is C29H38N4O7. The van der Waals surface area contributed by atoms with Gasteiger partial charge >= 0.3 is 18.1 Å². The molecule has 11 heteroatoms. The summed E-state index contributed by atoms with van der Waals surface area (Å²) in [6.07, 6.45) is 0.901. The van der Waals surface area contributed by atoms with Crippen molar-refractivity contribution in [3.05, 3.63) is 71.8 Å². The Balaban J connectivity index is 1.51. The maximum absolute atomic E-state index is 12.9. The molecule has 2 unspecified atom stereocenters. The number of carboxylic acids is 1. The van der Waals surface area contributed by atoms with Gasteiger partial charge in [-0.3, -0.25) is 4.79 Å². The van der Waals surface area contributed by atoms with Crippen molar-refractivity contribution in [3.8, 4) is 0 Å². The van der Waals surface area contributed by atoms with Crippen molar-refractivity contribution in [2.24, 2.45) is 0 Å². The van der Waals surface area contributed by atoms with Gasteiger partial charge in [-0.25, -0.2) is 14.4 Å². The molecule has 0 spiro atoms. The topological polar surface area (TPSA) is 149 Å². The minimum atomic E-state index is -1.10. The zero-order valence-corrected chi connectivity index (χ0v) is 22.7. The third-order valence-corrected chi connectivity index (χ3v) is 6.81. The van der Waals surface area contributed by atoms with Gasteiger partial charge in [0.05, 0.1) is 18.7 Å². The molecule has 1 saturated heterocycles. The highest BCUT2D eigenvalue weighted by atomic mass is 16.5. The molecule has 11 nitrogen and oxygen atoms in total. The lowest BCUT2D eigenvalue weighted by Gasteiger charge is -2.31. The van der Waals surface area contributed by atoms with Crippen molar-refractivity contribution in [1.82, 2.24) is 20.4 Å². The van der Waals surface area contributed by atoms with Crippen LogP contribution in [0.5, 0.6) is 0 Å². The highest BCUT2D eigenvalue weighted by molar-refractivity contribution is 5.94. The molecule has 0 aliphatic carbocycles. The molecule has 1 aliphatic rings. The van der Waals surface area contributed by atoms with Gasteiger partial charge in [0, 0.05) is 25.7 Å². The van der Waals surface area contributed by atoms with E-state index >= 15 is 0 Å². The Morgan fingerprint density at radius 2 is 1.73 bits per heavy atom. The molecule has 2 aromatic rings. The largest absolute Gasteiger partial charge is 0.480 e. The van der Waals surface area contributed by atoms with Crippen molar-refractivity contribution >= 4 is 24.0 Å². The molecule has 1 heterocycles. The van der Waals surface area contributed by atoms with E-state index < -0.39 is 36.3 Å². The van der Waals surface area contributed by atoms with Crippen LogP contribution in [0.3, 0.4) is 0 Å². The Labute approximate surface area is 234 Å². The number of aliphatic hydroxyl groups excluding tert-OH is 1. The number of likely N-dealkylation sites (tertiary alicyclic amines) is 1. The smallest absolute Gasteiger partial charge is 0.407 e. The molecule has 3 rings (SSSR count). The molecule has 3 atom stereocenters. The van der Waals surface area contributed by atoms with Crippen LogP contribution in [0.25, 0.3) is 0 Å². The molecule has 1 fully saturated rings. The summed E-state index contributed by atoms with van der Waals surface area (Å²) in [7, 11) is 1.50. The molecule has 0 radical (unpaired) electrons. The Morgan fingerprint density at radius 1 is 1.05 bits per heavy atom. The molecule has 4 N–H and O–H groups in total. The lowest BCUT2D eigenvalue weighted by Crippen LogP contribution is -2.52. The summed E-state index contributed by atoms with van der Waals surface area (Å²) >= 11 is 0. The fourth-order valence-electron chi connectivity index (χ4n) is 4.61. The minimum absolute atomic E-state index is 0.0918. The average molecular weight is 555 g/mol. The van der Waals surface area contributed by atoms with E-state index in [9.17, 15) is 29.4 Å². The second-order valence-corrected chi connectivity index (χ2v) is 9.85. The third-order valence-electron chi connectivity index (χ3n) is 6.81. The molecule has 0 bridgehead atoms. The van der Waals surface area contributed by atoms with Gasteiger partial charge < -0.3 is 35.4 Å². The van der Waals surface area contributed by atoms with Gasteiger partial charge in [-0.1, -0.05) is 48.5 Å². The highest BCUT2D eigenvalue weighted by Crippen LogP contribution is 2.19. The van der Waals surface area contributed by atoms with Crippen LogP contribution in [0.15, 0.2) is 60.7 Å². The molecular weight excluding hydrogens is 516 g/mol. The van der Waals surface area contributed by atoms with Gasteiger partial charge in [-0.2, -0.15) is 0 Å². The van der Waals surface area contributed by atoms with Crippen LogP contribution in [0, 0.1) is 0 Å². The van der Waals surface area contributed by atoms with Crippen molar-refractivity contribution in [2.45, 2.75) is 56.9 Å². The van der Waals surface area contributed by atoms with Crippen LogP contribution in [0.1, 0.15) is 48.0 Å². The number of hydrogen-bond acceptors (Lipinski definition) is 6. The minimum Gasteiger partial charge on any atom is -0.480 e. The third kappa shape index (κ3) is 9.26. The van der Waals surface area contributed by atoms with Crippen LogP contribution in [0.4, 0.5) is 9.59 Å². The number of alkyl carbamates (subject to hydrolysis) is 1. The quantitative estimate of drug-likeness (QED) is 0.278. The molecule has 1 aliphatic heterocycles. The van der Waals surface area contributed by atoms with Gasteiger partial charge in [0.1, 0.15) is 12.6 Å². The molecule has 4 amide bonds. The van der Waals surface area contributed by atoms with Crippen molar-refractivity contribution in [2.75, 3.05) is 26.7 Å². The molecule has 0 saturated carbocycles. The zero-order valence-electron chi connectivity index (χ0n) is 22.7. The van der Waals surface area contributed by atoms with Crippen molar-refractivity contribution in [3.63, 3.8) is 0 Å². The summed E-state index contributed by atoms with van der Waals surface area (Å²) in [6, 6.07) is 15.9. The van der Waals surface area contributed by atoms with Crippen LogP contribution in [-0.2, 0) is 16.1 Å². The summed E-state index contributed by atoms with van der Waals surface area (Å²) in [5, 5.41) is 26.0. The molecule has 216 valence electrons. The number of unbranched alkanes of at least 4 members (excludes halogenated alkanes) is 1. The average Bonchev–Trinajstić information content (AvgIpc) is 3.46. The molecule has 2 aromatic carbocycles. The number of benzene rings is 2. The Hall–Kier alpha value is -4.12. The first-order valence-corrected chi connectivity index (χ1v) is 13.5. The first-order valence-electron chi connectivity index (χ1n) is 13.5. The van der Waals surface area contributed by atoms with E-state index in [1.165, 1.54) is 16.8 Å². The predicted octanol–water partition coefficient (Wildman–Crippen LogP) is 2.84. The summed E-state index contributed by atoms with van der Waals surface area (Å²) in [5.74, 6) is -1.41. The van der Waals surface area contributed by atoms with E-state index in [1.54, 1.807) is 30.3 Å². The van der Waals surface area contributed by atoms with Crippen LogP contribution < -0.4 is 10.6 Å². The SMILES string of the molecule is CN(CC(O)C(CCCCNC(=O)OCc1ccccc1)NC(=O)c1ccccc1)C(=O)N1CCC[C@H]1C(=O)O. The maximum Gasteiger partial charge on any atom is 0.407 e. The number of aliphatic hydroxyl groups is 1. The van der Waals surface area contributed by atoms with Gasteiger partial charge in [-0.05, 0) is 49.8 Å². The number of likely N-dealkylation sites (N-methyl/N-ethyl adjacent to an activating group) is 1. The first kappa shape index (κ1) is 30.4. The number of ether oxygens (including phenoxy) is 1. The number of carboxylic acid groups (broad SMARTS) is 1. The summed E-state index contributed by atoms with van der Waals surface area (Å²) in [4.78, 5) is 51.8. The van der Waals surface area contributed by atoms with Crippen LogP contribution >= 0.6 is 0 Å². The Kier molecular flexibility index (Phi) is 11.8. The van der Waals surface area contributed by atoms with E-state index in [0.29, 0.717) is 50.8 Å². The second kappa shape index (κ2) is 15.5. The lowest BCUT2D eigenvalue weighted by molar-refractivity contribution is -0.141. The monoisotopic (exact) mass is 554 g/mol. The Bertz CT molecular complexity index is 1120. The fourth-order valence-corrected chi connectivity index (χ4v) is 4.61. The van der Waals surface area contributed by atoms with Crippen LogP contribution in [-0.4, -0.2) is 88.9 Å². The number of nitrogens with one attached hydrogen (secondary N) is 2. The number of carbonyl (C=O) groups excluding carboxylic acids is 3. The predicted molar refractivity (Wildman–Crippen MR) is 148 cm³/mol. The number of aliphatic carboxylic acids is 1. The van der Waals surface area contributed by atoms with Gasteiger partial charge in [0.15, 0.2) is 0 Å². The maximum atomic E-state index is 12.9. The molecule has 40 heavy (non-hydrogen) atoms. The highest BCUT2D eigenvalue weighted by Gasteiger charge is 2.36. The summed E-state index contributed by atoms with van der Waals surface area (Å²) in [6.45, 7) is 0.771. The van der Waals surface area contributed by atoms with E-state index in [-0.39, 0.29) is 19.1 Å². The fraction of sp³-hybridized carbons (Fsp3) is 0.448. The van der Waals surface area contributed by atoms with E-state index in [1.807, 2.05) is 30.3 Å². The number of urea groups is 1. The van der Waals surface area contributed by atoms with E-state index in [0.717, 1.165) is 5.56 Å². The van der Waals surface area contributed by atoms with E-state index in [4.69, 9.17) is 4.74 Å².